The van der Waals surface area contributed by atoms with Crippen molar-refractivity contribution in [2.24, 2.45) is 0 Å². The SMILES string of the molecule is CCCCN(CCCC)CCNC(=O)C[S+]([O-])Cc1nc(-c2ccc(OC)c(OC)c2)oc1C. The number of aryl methyl sites for hydroxylation is 1. The van der Waals surface area contributed by atoms with Crippen molar-refractivity contribution in [2.45, 2.75) is 52.2 Å². The predicted molar refractivity (Wildman–Crippen MR) is 136 cm³/mol. The first-order valence-corrected chi connectivity index (χ1v) is 13.4. The Morgan fingerprint density at radius 2 is 1.79 bits per heavy atom. The van der Waals surface area contributed by atoms with E-state index in [1.165, 1.54) is 0 Å². The molecule has 2 rings (SSSR count). The molecule has 0 spiro atoms. The second-order valence-electron chi connectivity index (χ2n) is 8.22. The van der Waals surface area contributed by atoms with Crippen LogP contribution in [0.4, 0.5) is 0 Å². The van der Waals surface area contributed by atoms with Gasteiger partial charge >= 0.3 is 0 Å². The number of nitrogens with one attached hydrogen (secondary N) is 1. The third kappa shape index (κ3) is 8.85. The van der Waals surface area contributed by atoms with Gasteiger partial charge in [-0.25, -0.2) is 4.98 Å². The molecule has 0 fully saturated rings. The molecule has 0 aliphatic rings. The van der Waals surface area contributed by atoms with Gasteiger partial charge in [0.2, 0.25) is 5.89 Å². The molecular weight excluding hydrogens is 454 g/mol. The third-order valence-electron chi connectivity index (χ3n) is 5.52. The van der Waals surface area contributed by atoms with Gasteiger partial charge in [-0.2, -0.15) is 0 Å². The molecule has 1 atom stereocenters. The van der Waals surface area contributed by atoms with Crippen molar-refractivity contribution in [1.82, 2.24) is 15.2 Å². The zero-order valence-electron chi connectivity index (χ0n) is 21.1. The minimum Gasteiger partial charge on any atom is -0.616 e. The van der Waals surface area contributed by atoms with Crippen molar-refractivity contribution in [3.05, 3.63) is 29.7 Å². The number of nitrogens with zero attached hydrogens (tertiary/aromatic N) is 2. The van der Waals surface area contributed by atoms with Crippen LogP contribution in [0.3, 0.4) is 0 Å². The van der Waals surface area contributed by atoms with Crippen LogP contribution >= 0.6 is 0 Å². The Labute approximate surface area is 206 Å². The van der Waals surface area contributed by atoms with Crippen LogP contribution in [0.1, 0.15) is 51.0 Å². The van der Waals surface area contributed by atoms with Gasteiger partial charge in [-0.05, 0) is 62.2 Å². The van der Waals surface area contributed by atoms with Crippen LogP contribution in [0, 0.1) is 6.92 Å². The molecule has 1 heterocycles. The van der Waals surface area contributed by atoms with Crippen LogP contribution in [0.2, 0.25) is 0 Å². The standard InChI is InChI=1S/C25H39N3O5S/c1-6-8-13-28(14-9-7-2)15-12-26-24(29)18-34(30)17-21-19(3)33-25(27-21)20-10-11-22(31-4)23(16-20)32-5/h10-11,16H,6-9,12-15,17-18H2,1-5H3,(H,26,29). The van der Waals surface area contributed by atoms with E-state index in [1.54, 1.807) is 33.3 Å². The Morgan fingerprint density at radius 1 is 1.12 bits per heavy atom. The maximum Gasteiger partial charge on any atom is 0.269 e. The lowest BCUT2D eigenvalue weighted by Crippen LogP contribution is -2.38. The van der Waals surface area contributed by atoms with Crippen LogP contribution in [-0.4, -0.2) is 66.5 Å². The Kier molecular flexibility index (Phi) is 12.3. The minimum absolute atomic E-state index is 0.0537. The average molecular weight is 494 g/mol. The van der Waals surface area contributed by atoms with Gasteiger partial charge in [0.05, 0.1) is 14.2 Å². The number of benzene rings is 1. The van der Waals surface area contributed by atoms with Gasteiger partial charge in [0.25, 0.3) is 5.91 Å². The molecule has 1 aromatic carbocycles. The summed E-state index contributed by atoms with van der Waals surface area (Å²) in [5, 5.41) is 2.91. The second-order valence-corrected chi connectivity index (χ2v) is 9.68. The van der Waals surface area contributed by atoms with E-state index in [4.69, 9.17) is 13.9 Å². The highest BCUT2D eigenvalue weighted by Gasteiger charge is 2.20. The molecule has 1 aromatic heterocycles. The van der Waals surface area contributed by atoms with Gasteiger partial charge in [0.1, 0.15) is 11.5 Å². The summed E-state index contributed by atoms with van der Waals surface area (Å²) in [7, 11) is 3.14. The lowest BCUT2D eigenvalue weighted by Gasteiger charge is -2.22. The van der Waals surface area contributed by atoms with Crippen LogP contribution in [0.5, 0.6) is 11.5 Å². The number of hydrogen-bond donors (Lipinski definition) is 1. The quantitative estimate of drug-likeness (QED) is 0.354. The summed E-state index contributed by atoms with van der Waals surface area (Å²) in [6.07, 6.45) is 4.63. The maximum absolute atomic E-state index is 12.6. The van der Waals surface area contributed by atoms with Crippen LogP contribution in [0.15, 0.2) is 22.6 Å². The van der Waals surface area contributed by atoms with Crippen LogP contribution < -0.4 is 14.8 Å². The fourth-order valence-corrected chi connectivity index (χ4v) is 4.58. The van der Waals surface area contributed by atoms with Crippen molar-refractivity contribution in [2.75, 3.05) is 46.2 Å². The maximum atomic E-state index is 12.6. The lowest BCUT2D eigenvalue weighted by atomic mass is 10.2. The summed E-state index contributed by atoms with van der Waals surface area (Å²) in [6.45, 7) is 9.62. The number of aromatic nitrogens is 1. The molecule has 0 saturated carbocycles. The van der Waals surface area contributed by atoms with Gasteiger partial charge in [0.15, 0.2) is 23.0 Å². The fourth-order valence-electron chi connectivity index (χ4n) is 3.51. The van der Waals surface area contributed by atoms with Gasteiger partial charge in [-0.1, -0.05) is 26.7 Å². The summed E-state index contributed by atoms with van der Waals surface area (Å²) < 4.78 is 29.0. The second kappa shape index (κ2) is 14.9. The molecule has 0 radical (unpaired) electrons. The summed E-state index contributed by atoms with van der Waals surface area (Å²) >= 11 is -1.38. The number of rotatable bonds is 16. The van der Waals surface area contributed by atoms with Crippen LogP contribution in [-0.2, 0) is 21.7 Å². The zero-order chi connectivity index (χ0) is 24.9. The fraction of sp³-hybridized carbons (Fsp3) is 0.600. The lowest BCUT2D eigenvalue weighted by molar-refractivity contribution is -0.118. The van der Waals surface area contributed by atoms with Gasteiger partial charge in [0, 0.05) is 18.7 Å². The van der Waals surface area contributed by atoms with Crippen molar-refractivity contribution >= 4 is 17.1 Å². The normalized spacial score (nSPS) is 12.1. The van der Waals surface area contributed by atoms with Gasteiger partial charge in [-0.15, -0.1) is 0 Å². The Bertz CT molecular complexity index is 881. The third-order valence-corrected chi connectivity index (χ3v) is 6.70. The molecule has 2 aromatic rings. The molecule has 8 nitrogen and oxygen atoms in total. The summed E-state index contributed by atoms with van der Waals surface area (Å²) in [5.41, 5.74) is 1.31. The highest BCUT2D eigenvalue weighted by atomic mass is 32.2. The monoisotopic (exact) mass is 493 g/mol. The number of methoxy groups -OCH3 is 2. The van der Waals surface area contributed by atoms with E-state index in [-0.39, 0.29) is 17.4 Å². The highest BCUT2D eigenvalue weighted by molar-refractivity contribution is 7.91. The topological polar surface area (TPSA) is 99.9 Å². The van der Waals surface area contributed by atoms with E-state index in [9.17, 15) is 9.35 Å². The summed E-state index contributed by atoms with van der Waals surface area (Å²) in [4.78, 5) is 19.2. The number of ether oxygens (including phenoxy) is 2. The van der Waals surface area contributed by atoms with E-state index >= 15 is 0 Å². The molecule has 34 heavy (non-hydrogen) atoms. The molecule has 1 unspecified atom stereocenters. The van der Waals surface area contributed by atoms with E-state index in [1.807, 2.05) is 6.07 Å². The van der Waals surface area contributed by atoms with Crippen molar-refractivity contribution in [3.63, 3.8) is 0 Å². The first-order valence-electron chi connectivity index (χ1n) is 11.9. The Morgan fingerprint density at radius 3 is 2.41 bits per heavy atom. The minimum atomic E-state index is -1.38. The molecule has 0 aliphatic carbocycles. The van der Waals surface area contributed by atoms with E-state index in [2.05, 4.69) is 29.0 Å². The Hall–Kier alpha value is -2.23. The Balaban J connectivity index is 1.87. The number of unbranched alkanes of at least 4 members (excludes halogenated alkanes) is 2. The first-order chi connectivity index (χ1) is 16.4. The van der Waals surface area contributed by atoms with Crippen LogP contribution in [0.25, 0.3) is 11.5 Å². The van der Waals surface area contributed by atoms with E-state index in [0.717, 1.165) is 50.9 Å². The van der Waals surface area contributed by atoms with E-state index in [0.29, 0.717) is 35.4 Å². The molecule has 190 valence electrons. The number of oxazole rings is 1. The number of carbonyl (C=O) groups is 1. The highest BCUT2D eigenvalue weighted by Crippen LogP contribution is 2.32. The first kappa shape index (κ1) is 28.0. The predicted octanol–water partition coefficient (Wildman–Crippen LogP) is 3.93. The molecular formula is C25H39N3O5S. The summed E-state index contributed by atoms with van der Waals surface area (Å²) in [6, 6.07) is 5.38. The van der Waals surface area contributed by atoms with Crippen molar-refractivity contribution in [3.8, 4) is 23.0 Å². The largest absolute Gasteiger partial charge is 0.616 e. The molecule has 9 heteroatoms. The van der Waals surface area contributed by atoms with Crippen molar-refractivity contribution < 1.29 is 23.2 Å². The van der Waals surface area contributed by atoms with Crippen molar-refractivity contribution in [1.29, 1.82) is 0 Å². The average Bonchev–Trinajstić information content (AvgIpc) is 3.19. The van der Waals surface area contributed by atoms with Gasteiger partial charge < -0.3 is 28.7 Å². The molecule has 1 N–H and O–H groups in total. The smallest absolute Gasteiger partial charge is 0.269 e. The summed E-state index contributed by atoms with van der Waals surface area (Å²) in [5.74, 6) is 2.08. The van der Waals surface area contributed by atoms with Gasteiger partial charge in [-0.3, -0.25) is 4.79 Å². The molecule has 1 amide bonds. The number of hydrogen-bond acceptors (Lipinski definition) is 7. The van der Waals surface area contributed by atoms with E-state index < -0.39 is 11.2 Å². The number of carbonyl (C=O) groups excluding carboxylic acids is 1. The molecule has 0 saturated heterocycles. The molecule has 0 bridgehead atoms. The molecule has 0 aliphatic heterocycles. The number of amides is 1. The zero-order valence-corrected chi connectivity index (χ0v) is 22.0.